The third kappa shape index (κ3) is 3.92. The molecule has 0 spiro atoms. The summed E-state index contributed by atoms with van der Waals surface area (Å²) in [5.41, 5.74) is 1.30. The maximum atomic E-state index is 12.3. The summed E-state index contributed by atoms with van der Waals surface area (Å²) in [6.45, 7) is 0. The zero-order valence-electron chi connectivity index (χ0n) is 11.6. The second-order valence-corrected chi connectivity index (χ2v) is 5.06. The molecule has 1 unspecified atom stereocenters. The smallest absolute Gasteiger partial charge is 0.313 e. The SMILES string of the molecule is COC(=O)C(CC(=O)c1ccccc1)c1ccc(Cl)cc1. The molecule has 4 heteroatoms. The van der Waals surface area contributed by atoms with Crippen LogP contribution in [0.2, 0.25) is 5.02 Å². The summed E-state index contributed by atoms with van der Waals surface area (Å²) in [5, 5.41) is 0.580. The van der Waals surface area contributed by atoms with E-state index in [4.69, 9.17) is 16.3 Å². The van der Waals surface area contributed by atoms with Gasteiger partial charge in [0.25, 0.3) is 0 Å². The number of methoxy groups -OCH3 is 1. The molecule has 0 saturated carbocycles. The Bertz CT molecular complexity index is 620. The Labute approximate surface area is 128 Å². The molecule has 0 N–H and O–H groups in total. The lowest BCUT2D eigenvalue weighted by Gasteiger charge is -2.14. The molecule has 3 nitrogen and oxygen atoms in total. The molecule has 0 bridgehead atoms. The fraction of sp³-hybridized carbons (Fsp3) is 0.176. The second-order valence-electron chi connectivity index (χ2n) is 4.62. The molecule has 21 heavy (non-hydrogen) atoms. The van der Waals surface area contributed by atoms with Gasteiger partial charge in [-0.1, -0.05) is 54.1 Å². The first kappa shape index (κ1) is 15.3. The summed E-state index contributed by atoms with van der Waals surface area (Å²) in [6, 6.07) is 15.8. The van der Waals surface area contributed by atoms with E-state index in [0.717, 1.165) is 5.56 Å². The van der Waals surface area contributed by atoms with Crippen LogP contribution in [0.1, 0.15) is 28.3 Å². The number of ether oxygens (including phenoxy) is 1. The number of esters is 1. The number of halogens is 1. The third-order valence-electron chi connectivity index (χ3n) is 3.24. The van der Waals surface area contributed by atoms with E-state index >= 15 is 0 Å². The predicted octanol–water partition coefficient (Wildman–Crippen LogP) is 3.87. The van der Waals surface area contributed by atoms with Crippen LogP contribution >= 0.6 is 11.6 Å². The second kappa shape index (κ2) is 7.04. The molecule has 2 aromatic carbocycles. The summed E-state index contributed by atoms with van der Waals surface area (Å²) in [7, 11) is 1.32. The average molecular weight is 303 g/mol. The predicted molar refractivity (Wildman–Crippen MR) is 81.6 cm³/mol. The molecule has 0 aliphatic rings. The minimum atomic E-state index is -0.625. The van der Waals surface area contributed by atoms with Gasteiger partial charge >= 0.3 is 5.97 Å². The first-order chi connectivity index (χ1) is 10.1. The number of carbonyl (C=O) groups is 2. The molecule has 1 atom stereocenters. The number of rotatable bonds is 5. The van der Waals surface area contributed by atoms with E-state index in [0.29, 0.717) is 10.6 Å². The maximum Gasteiger partial charge on any atom is 0.313 e. The zero-order chi connectivity index (χ0) is 15.2. The van der Waals surface area contributed by atoms with Crippen molar-refractivity contribution in [3.8, 4) is 0 Å². The highest BCUT2D eigenvalue weighted by Gasteiger charge is 2.25. The maximum absolute atomic E-state index is 12.3. The first-order valence-electron chi connectivity index (χ1n) is 6.53. The molecule has 0 saturated heterocycles. The quantitative estimate of drug-likeness (QED) is 0.622. The fourth-order valence-corrected chi connectivity index (χ4v) is 2.23. The summed E-state index contributed by atoms with van der Waals surface area (Å²) in [4.78, 5) is 24.2. The van der Waals surface area contributed by atoms with Gasteiger partial charge in [-0.05, 0) is 17.7 Å². The highest BCUT2D eigenvalue weighted by molar-refractivity contribution is 6.30. The molecule has 0 amide bonds. The van der Waals surface area contributed by atoms with Crippen LogP contribution in [0, 0.1) is 0 Å². The topological polar surface area (TPSA) is 43.4 Å². The fourth-order valence-electron chi connectivity index (χ4n) is 2.10. The van der Waals surface area contributed by atoms with Crippen molar-refractivity contribution < 1.29 is 14.3 Å². The van der Waals surface area contributed by atoms with Crippen LogP contribution in [0.5, 0.6) is 0 Å². The van der Waals surface area contributed by atoms with Gasteiger partial charge in [-0.3, -0.25) is 9.59 Å². The molecule has 108 valence electrons. The summed E-state index contributed by atoms with van der Waals surface area (Å²) in [5.74, 6) is -1.15. The zero-order valence-corrected chi connectivity index (χ0v) is 12.3. The Kier molecular flexibility index (Phi) is 5.12. The van der Waals surface area contributed by atoms with Crippen molar-refractivity contribution in [2.45, 2.75) is 12.3 Å². The summed E-state index contributed by atoms with van der Waals surface area (Å²) >= 11 is 5.85. The highest BCUT2D eigenvalue weighted by Crippen LogP contribution is 2.24. The van der Waals surface area contributed by atoms with Crippen molar-refractivity contribution in [2.24, 2.45) is 0 Å². The van der Waals surface area contributed by atoms with Gasteiger partial charge in [-0.25, -0.2) is 0 Å². The minimum absolute atomic E-state index is 0.0678. The van der Waals surface area contributed by atoms with E-state index in [1.54, 1.807) is 48.5 Å². The lowest BCUT2D eigenvalue weighted by molar-refractivity contribution is -0.142. The number of hydrogen-bond donors (Lipinski definition) is 0. The lowest BCUT2D eigenvalue weighted by Crippen LogP contribution is -2.18. The monoisotopic (exact) mass is 302 g/mol. The molecule has 0 heterocycles. The van der Waals surface area contributed by atoms with Crippen molar-refractivity contribution in [1.82, 2.24) is 0 Å². The van der Waals surface area contributed by atoms with Crippen LogP contribution in [0.3, 0.4) is 0 Å². The van der Waals surface area contributed by atoms with E-state index in [2.05, 4.69) is 0 Å². The molecule has 0 fully saturated rings. The van der Waals surface area contributed by atoms with E-state index < -0.39 is 11.9 Å². The van der Waals surface area contributed by atoms with Gasteiger partial charge in [0.2, 0.25) is 0 Å². The Balaban J connectivity index is 2.23. The van der Waals surface area contributed by atoms with E-state index in [9.17, 15) is 9.59 Å². The van der Waals surface area contributed by atoms with E-state index in [1.807, 2.05) is 6.07 Å². The van der Waals surface area contributed by atoms with Crippen LogP contribution in [0.4, 0.5) is 0 Å². The Hall–Kier alpha value is -2.13. The van der Waals surface area contributed by atoms with Gasteiger partial charge in [0.15, 0.2) is 5.78 Å². The minimum Gasteiger partial charge on any atom is -0.469 e. The average Bonchev–Trinajstić information content (AvgIpc) is 2.53. The van der Waals surface area contributed by atoms with Crippen molar-refractivity contribution >= 4 is 23.4 Å². The molecule has 0 aliphatic heterocycles. The standard InChI is InChI=1S/C17H15ClO3/c1-21-17(20)15(12-7-9-14(18)10-8-12)11-16(19)13-5-3-2-4-6-13/h2-10,15H,11H2,1H3. The summed E-state index contributed by atoms with van der Waals surface area (Å²) in [6.07, 6.45) is 0.0678. The van der Waals surface area contributed by atoms with Gasteiger partial charge in [0.05, 0.1) is 13.0 Å². The van der Waals surface area contributed by atoms with Crippen LogP contribution in [-0.2, 0) is 9.53 Å². The van der Waals surface area contributed by atoms with Crippen LogP contribution in [-0.4, -0.2) is 18.9 Å². The number of benzene rings is 2. The largest absolute Gasteiger partial charge is 0.469 e. The Morgan fingerprint density at radius 2 is 1.67 bits per heavy atom. The van der Waals surface area contributed by atoms with Crippen LogP contribution in [0.25, 0.3) is 0 Å². The van der Waals surface area contributed by atoms with Crippen molar-refractivity contribution in [1.29, 1.82) is 0 Å². The molecule has 2 rings (SSSR count). The number of hydrogen-bond acceptors (Lipinski definition) is 3. The van der Waals surface area contributed by atoms with Gasteiger partial charge in [-0.2, -0.15) is 0 Å². The normalized spacial score (nSPS) is 11.7. The number of Topliss-reactive ketones (excluding diaryl/α,β-unsaturated/α-hetero) is 1. The van der Waals surface area contributed by atoms with Gasteiger partial charge in [0, 0.05) is 17.0 Å². The Morgan fingerprint density at radius 1 is 1.05 bits per heavy atom. The van der Waals surface area contributed by atoms with Crippen molar-refractivity contribution in [2.75, 3.05) is 7.11 Å². The van der Waals surface area contributed by atoms with Gasteiger partial charge < -0.3 is 4.74 Å². The number of ketones is 1. The molecular formula is C17H15ClO3. The molecule has 0 radical (unpaired) electrons. The van der Waals surface area contributed by atoms with Gasteiger partial charge in [0.1, 0.15) is 0 Å². The van der Waals surface area contributed by atoms with Crippen LogP contribution < -0.4 is 0 Å². The van der Waals surface area contributed by atoms with Crippen molar-refractivity contribution in [3.63, 3.8) is 0 Å². The van der Waals surface area contributed by atoms with Crippen molar-refractivity contribution in [3.05, 3.63) is 70.7 Å². The Morgan fingerprint density at radius 3 is 2.24 bits per heavy atom. The van der Waals surface area contributed by atoms with Crippen LogP contribution in [0.15, 0.2) is 54.6 Å². The summed E-state index contributed by atoms with van der Waals surface area (Å²) < 4.78 is 4.81. The number of carbonyl (C=O) groups excluding carboxylic acids is 2. The molecular weight excluding hydrogens is 288 g/mol. The van der Waals surface area contributed by atoms with E-state index in [1.165, 1.54) is 7.11 Å². The lowest BCUT2D eigenvalue weighted by atomic mass is 9.91. The molecule has 0 aromatic heterocycles. The first-order valence-corrected chi connectivity index (χ1v) is 6.91. The van der Waals surface area contributed by atoms with E-state index in [-0.39, 0.29) is 12.2 Å². The molecule has 0 aliphatic carbocycles. The molecule has 2 aromatic rings. The highest BCUT2D eigenvalue weighted by atomic mass is 35.5. The van der Waals surface area contributed by atoms with Gasteiger partial charge in [-0.15, -0.1) is 0 Å². The third-order valence-corrected chi connectivity index (χ3v) is 3.50.